The lowest BCUT2D eigenvalue weighted by molar-refractivity contribution is 0.0466. The molecule has 0 amide bonds. The molecule has 0 radical (unpaired) electrons. The van der Waals surface area contributed by atoms with E-state index in [1.807, 2.05) is 0 Å². The molecule has 2 fully saturated rings. The van der Waals surface area contributed by atoms with Crippen LogP contribution in [0.25, 0.3) is 0 Å². The summed E-state index contributed by atoms with van der Waals surface area (Å²) in [4.78, 5) is 6.79. The van der Waals surface area contributed by atoms with Crippen LogP contribution in [0.1, 0.15) is 38.5 Å². The predicted molar refractivity (Wildman–Crippen MR) is 63.3 cm³/mol. The Bertz CT molecular complexity index is 280. The molecule has 0 spiro atoms. The van der Waals surface area contributed by atoms with Crippen LogP contribution in [-0.4, -0.2) is 42.2 Å². The molecule has 2 N–H and O–H groups in total. The highest BCUT2D eigenvalue weighted by atomic mass is 16.5. The lowest BCUT2D eigenvalue weighted by Gasteiger charge is -2.34. The second-order valence-electron chi connectivity index (χ2n) is 5.16. The molecule has 90 valence electrons. The van der Waals surface area contributed by atoms with Crippen molar-refractivity contribution in [2.75, 3.05) is 13.2 Å². The van der Waals surface area contributed by atoms with E-state index in [-0.39, 0.29) is 0 Å². The van der Waals surface area contributed by atoms with Crippen molar-refractivity contribution in [1.29, 1.82) is 0 Å². The van der Waals surface area contributed by atoms with Gasteiger partial charge in [-0.15, -0.1) is 0 Å². The second kappa shape index (κ2) is 4.24. The molecule has 0 aromatic carbocycles. The van der Waals surface area contributed by atoms with Crippen LogP contribution in [-0.2, 0) is 4.74 Å². The van der Waals surface area contributed by atoms with Gasteiger partial charge in [-0.25, -0.2) is 0 Å². The van der Waals surface area contributed by atoms with Crippen LogP contribution in [0, 0.1) is 0 Å². The predicted octanol–water partition coefficient (Wildman–Crippen LogP) is 1.11. The van der Waals surface area contributed by atoms with Gasteiger partial charge in [-0.05, 0) is 25.7 Å². The van der Waals surface area contributed by atoms with Crippen molar-refractivity contribution in [2.45, 2.75) is 56.7 Å². The Morgan fingerprint density at radius 1 is 1.19 bits per heavy atom. The maximum atomic E-state index is 6.04. The number of guanidine groups is 1. The first-order valence-electron chi connectivity index (χ1n) is 6.56. The topological polar surface area (TPSA) is 50.9 Å². The van der Waals surface area contributed by atoms with Crippen LogP contribution in [0.2, 0.25) is 0 Å². The smallest absolute Gasteiger partial charge is 0.191 e. The molecule has 0 aromatic rings. The number of aliphatic imine (C=N–C) groups is 1. The molecule has 1 saturated heterocycles. The standard InChI is InChI=1S/C12H21N3O/c13-12-14-8-10(11-6-3-7-16-11)15(12)9-4-1-2-5-9/h9-11H,1-8H2,(H2,13,14). The van der Waals surface area contributed by atoms with Gasteiger partial charge in [-0.3, -0.25) is 4.99 Å². The average molecular weight is 223 g/mol. The molecule has 3 rings (SSSR count). The van der Waals surface area contributed by atoms with Crippen LogP contribution in [0.5, 0.6) is 0 Å². The number of ether oxygens (including phenoxy) is 1. The normalized spacial score (nSPS) is 36.0. The van der Waals surface area contributed by atoms with Crippen LogP contribution in [0.3, 0.4) is 0 Å². The molecule has 1 aliphatic carbocycles. The van der Waals surface area contributed by atoms with E-state index in [4.69, 9.17) is 10.5 Å². The van der Waals surface area contributed by atoms with Gasteiger partial charge < -0.3 is 15.4 Å². The Morgan fingerprint density at radius 3 is 2.69 bits per heavy atom. The van der Waals surface area contributed by atoms with Crippen molar-refractivity contribution >= 4 is 5.96 Å². The second-order valence-corrected chi connectivity index (χ2v) is 5.16. The van der Waals surface area contributed by atoms with E-state index in [1.54, 1.807) is 0 Å². The van der Waals surface area contributed by atoms with Crippen LogP contribution >= 0.6 is 0 Å². The summed E-state index contributed by atoms with van der Waals surface area (Å²) in [5, 5.41) is 0. The highest BCUT2D eigenvalue weighted by Gasteiger charge is 2.39. The van der Waals surface area contributed by atoms with Crippen LogP contribution in [0.4, 0.5) is 0 Å². The molecule has 4 heteroatoms. The van der Waals surface area contributed by atoms with E-state index in [9.17, 15) is 0 Å². The fourth-order valence-electron chi connectivity index (χ4n) is 3.37. The number of hydrogen-bond acceptors (Lipinski definition) is 4. The van der Waals surface area contributed by atoms with Gasteiger partial charge >= 0.3 is 0 Å². The van der Waals surface area contributed by atoms with E-state index in [0.717, 1.165) is 19.1 Å². The zero-order chi connectivity index (χ0) is 11.0. The van der Waals surface area contributed by atoms with E-state index in [0.29, 0.717) is 18.2 Å². The van der Waals surface area contributed by atoms with Gasteiger partial charge in [0.2, 0.25) is 0 Å². The fourth-order valence-corrected chi connectivity index (χ4v) is 3.37. The number of hydrogen-bond donors (Lipinski definition) is 1. The summed E-state index contributed by atoms with van der Waals surface area (Å²) in [5.74, 6) is 0.757. The van der Waals surface area contributed by atoms with E-state index < -0.39 is 0 Å². The van der Waals surface area contributed by atoms with Gasteiger partial charge in [0, 0.05) is 12.6 Å². The summed E-state index contributed by atoms with van der Waals surface area (Å²) in [6.07, 6.45) is 7.97. The van der Waals surface area contributed by atoms with E-state index in [1.165, 1.54) is 38.5 Å². The molecular formula is C12H21N3O. The molecule has 0 bridgehead atoms. The summed E-state index contributed by atoms with van der Waals surface area (Å²) in [6.45, 7) is 1.76. The van der Waals surface area contributed by atoms with Crippen molar-refractivity contribution in [3.05, 3.63) is 0 Å². The lowest BCUT2D eigenvalue weighted by atomic mass is 10.0. The van der Waals surface area contributed by atoms with Gasteiger partial charge in [0.05, 0.1) is 18.7 Å². The average Bonchev–Trinajstić information content (AvgIpc) is 2.96. The highest BCUT2D eigenvalue weighted by molar-refractivity contribution is 5.80. The third-order valence-electron chi connectivity index (χ3n) is 4.17. The number of nitrogens with zero attached hydrogens (tertiary/aromatic N) is 2. The maximum Gasteiger partial charge on any atom is 0.191 e. The Morgan fingerprint density at radius 2 is 2.00 bits per heavy atom. The van der Waals surface area contributed by atoms with Gasteiger partial charge in [-0.2, -0.15) is 0 Å². The first-order chi connectivity index (χ1) is 7.86. The maximum absolute atomic E-state index is 6.04. The van der Waals surface area contributed by atoms with Crippen molar-refractivity contribution in [3.8, 4) is 0 Å². The first kappa shape index (κ1) is 10.4. The monoisotopic (exact) mass is 223 g/mol. The molecule has 2 atom stereocenters. The SMILES string of the molecule is NC1=NCC(C2CCCO2)N1C1CCCC1. The molecule has 4 nitrogen and oxygen atoms in total. The lowest BCUT2D eigenvalue weighted by Crippen LogP contribution is -2.51. The van der Waals surface area contributed by atoms with Crippen molar-refractivity contribution in [1.82, 2.24) is 4.90 Å². The van der Waals surface area contributed by atoms with E-state index in [2.05, 4.69) is 9.89 Å². The third kappa shape index (κ3) is 1.69. The van der Waals surface area contributed by atoms with Gasteiger partial charge in [-0.1, -0.05) is 12.8 Å². The first-order valence-corrected chi connectivity index (χ1v) is 6.56. The van der Waals surface area contributed by atoms with Crippen molar-refractivity contribution in [2.24, 2.45) is 10.7 Å². The zero-order valence-electron chi connectivity index (χ0n) is 9.77. The Labute approximate surface area is 96.8 Å². The molecule has 1 saturated carbocycles. The van der Waals surface area contributed by atoms with Crippen LogP contribution < -0.4 is 5.73 Å². The minimum atomic E-state index is 0.366. The summed E-state index contributed by atoms with van der Waals surface area (Å²) in [5.41, 5.74) is 6.04. The summed E-state index contributed by atoms with van der Waals surface area (Å²) in [6, 6.07) is 1.05. The summed E-state index contributed by atoms with van der Waals surface area (Å²) >= 11 is 0. The molecular weight excluding hydrogens is 202 g/mol. The Hall–Kier alpha value is -0.770. The Balaban J connectivity index is 1.73. The quantitative estimate of drug-likeness (QED) is 0.763. The minimum Gasteiger partial charge on any atom is -0.376 e. The van der Waals surface area contributed by atoms with Gasteiger partial charge in [0.25, 0.3) is 0 Å². The largest absolute Gasteiger partial charge is 0.376 e. The van der Waals surface area contributed by atoms with E-state index >= 15 is 0 Å². The number of nitrogens with two attached hydrogens (primary N) is 1. The molecule has 2 unspecified atom stereocenters. The molecule has 3 aliphatic rings. The molecule has 2 aliphatic heterocycles. The number of rotatable bonds is 2. The molecule has 0 aromatic heterocycles. The minimum absolute atomic E-state index is 0.366. The van der Waals surface area contributed by atoms with Crippen molar-refractivity contribution < 1.29 is 4.74 Å². The highest BCUT2D eigenvalue weighted by Crippen LogP contribution is 2.31. The third-order valence-corrected chi connectivity index (χ3v) is 4.17. The molecule has 2 heterocycles. The summed E-state index contributed by atoms with van der Waals surface area (Å²) in [7, 11) is 0. The van der Waals surface area contributed by atoms with Gasteiger partial charge in [0.15, 0.2) is 5.96 Å². The van der Waals surface area contributed by atoms with Gasteiger partial charge in [0.1, 0.15) is 0 Å². The van der Waals surface area contributed by atoms with Crippen molar-refractivity contribution in [3.63, 3.8) is 0 Å². The van der Waals surface area contributed by atoms with Crippen LogP contribution in [0.15, 0.2) is 4.99 Å². The zero-order valence-corrected chi connectivity index (χ0v) is 9.77. The summed E-state index contributed by atoms with van der Waals surface area (Å²) < 4.78 is 5.80. The Kier molecular flexibility index (Phi) is 2.75. The molecule has 16 heavy (non-hydrogen) atoms. The fraction of sp³-hybridized carbons (Fsp3) is 0.917.